The molecule has 0 amide bonds. The summed E-state index contributed by atoms with van der Waals surface area (Å²) in [5.74, 6) is 0. The number of rotatable bonds is 3. The number of aryl methyl sites for hydroxylation is 1. The smallest absolute Gasteiger partial charge is 0.244 e. The van der Waals surface area contributed by atoms with Crippen molar-refractivity contribution in [3.05, 3.63) is 53.9 Å². The first-order valence-electron chi connectivity index (χ1n) is 6.87. The third-order valence-corrected chi connectivity index (χ3v) is 5.29. The normalized spacial score (nSPS) is 18.2. The van der Waals surface area contributed by atoms with Gasteiger partial charge in [0.1, 0.15) is 4.90 Å². The fraction of sp³-hybridized carbons (Fsp3) is 0.267. The topological polar surface area (TPSA) is 85.1 Å². The molecule has 1 aliphatic rings. The van der Waals surface area contributed by atoms with E-state index in [2.05, 4.69) is 9.71 Å². The minimum atomic E-state index is -3.67. The van der Waals surface area contributed by atoms with Gasteiger partial charge in [-0.1, -0.05) is 24.3 Å². The van der Waals surface area contributed by atoms with Crippen LogP contribution in [0.15, 0.2) is 47.6 Å². The molecule has 5 nitrogen and oxygen atoms in total. The van der Waals surface area contributed by atoms with Crippen molar-refractivity contribution >= 4 is 15.7 Å². The van der Waals surface area contributed by atoms with Crippen LogP contribution in [-0.2, 0) is 16.4 Å². The number of nitrogens with two attached hydrogens (primary N) is 1. The van der Waals surface area contributed by atoms with Crippen molar-refractivity contribution in [2.75, 3.05) is 5.73 Å². The van der Waals surface area contributed by atoms with Gasteiger partial charge in [-0.15, -0.1) is 0 Å². The zero-order valence-electron chi connectivity index (χ0n) is 11.5. The molecule has 3 rings (SSSR count). The lowest BCUT2D eigenvalue weighted by molar-refractivity contribution is 0.507. The number of benzene rings is 1. The number of hydrogen-bond acceptors (Lipinski definition) is 4. The molecule has 6 heteroatoms. The van der Waals surface area contributed by atoms with Crippen LogP contribution in [0, 0.1) is 0 Å². The van der Waals surface area contributed by atoms with Gasteiger partial charge in [-0.05, 0) is 36.5 Å². The van der Waals surface area contributed by atoms with Crippen molar-refractivity contribution in [3.8, 4) is 0 Å². The predicted octanol–water partition coefficient (Wildman–Crippen LogP) is 2.02. The fourth-order valence-corrected chi connectivity index (χ4v) is 4.07. The Bertz CT molecular complexity index is 759. The minimum Gasteiger partial charge on any atom is -0.398 e. The van der Waals surface area contributed by atoms with Gasteiger partial charge in [0.15, 0.2) is 0 Å². The number of hydrogen-bond donors (Lipinski definition) is 2. The second-order valence-corrected chi connectivity index (χ2v) is 6.86. The van der Waals surface area contributed by atoms with Crippen molar-refractivity contribution in [1.29, 1.82) is 0 Å². The summed E-state index contributed by atoms with van der Waals surface area (Å²) < 4.78 is 27.8. The number of nitrogens with one attached hydrogen (secondary N) is 1. The van der Waals surface area contributed by atoms with Crippen LogP contribution in [0.5, 0.6) is 0 Å². The quantitative estimate of drug-likeness (QED) is 0.908. The molecular formula is C15H17N3O2S. The van der Waals surface area contributed by atoms with E-state index in [-0.39, 0.29) is 16.6 Å². The van der Waals surface area contributed by atoms with Gasteiger partial charge >= 0.3 is 0 Å². The summed E-state index contributed by atoms with van der Waals surface area (Å²) in [6.07, 6.45) is 5.50. The third-order valence-electron chi connectivity index (χ3n) is 3.77. The molecule has 1 aromatic heterocycles. The van der Waals surface area contributed by atoms with E-state index in [4.69, 9.17) is 5.73 Å². The highest BCUT2D eigenvalue weighted by Gasteiger charge is 2.26. The Labute approximate surface area is 124 Å². The molecule has 0 aliphatic heterocycles. The maximum atomic E-state index is 12.5. The highest BCUT2D eigenvalue weighted by atomic mass is 32.2. The summed E-state index contributed by atoms with van der Waals surface area (Å²) in [7, 11) is -3.67. The Morgan fingerprint density at radius 1 is 1.24 bits per heavy atom. The summed E-state index contributed by atoms with van der Waals surface area (Å²) in [5.41, 5.74) is 8.21. The van der Waals surface area contributed by atoms with Crippen LogP contribution >= 0.6 is 0 Å². The molecule has 3 N–H and O–H groups in total. The van der Waals surface area contributed by atoms with E-state index in [0.29, 0.717) is 0 Å². The van der Waals surface area contributed by atoms with Gasteiger partial charge in [0, 0.05) is 18.4 Å². The molecule has 0 fully saturated rings. The highest BCUT2D eigenvalue weighted by molar-refractivity contribution is 7.89. The number of aromatic nitrogens is 1. The molecule has 110 valence electrons. The zero-order chi connectivity index (χ0) is 14.9. The Balaban J connectivity index is 1.93. The monoisotopic (exact) mass is 303 g/mol. The van der Waals surface area contributed by atoms with Crippen LogP contribution in [0.4, 0.5) is 5.69 Å². The lowest BCUT2D eigenvalue weighted by atomic mass is 9.88. The summed E-state index contributed by atoms with van der Waals surface area (Å²) in [6.45, 7) is 0. The summed E-state index contributed by atoms with van der Waals surface area (Å²) in [6, 6.07) is 9.23. The lowest BCUT2D eigenvalue weighted by Crippen LogP contribution is -2.31. The van der Waals surface area contributed by atoms with Crippen molar-refractivity contribution in [2.24, 2.45) is 0 Å². The Morgan fingerprint density at radius 2 is 2.05 bits per heavy atom. The molecule has 0 spiro atoms. The van der Waals surface area contributed by atoms with Crippen molar-refractivity contribution in [2.45, 2.75) is 30.2 Å². The molecule has 0 bridgehead atoms. The lowest BCUT2D eigenvalue weighted by Gasteiger charge is -2.26. The van der Waals surface area contributed by atoms with Crippen LogP contribution in [0.3, 0.4) is 0 Å². The molecule has 0 radical (unpaired) electrons. The summed E-state index contributed by atoms with van der Waals surface area (Å²) in [4.78, 5) is 3.89. The van der Waals surface area contributed by atoms with Crippen LogP contribution < -0.4 is 10.5 Å². The molecule has 1 atom stereocenters. The molecular weight excluding hydrogens is 286 g/mol. The van der Waals surface area contributed by atoms with E-state index >= 15 is 0 Å². The van der Waals surface area contributed by atoms with Gasteiger partial charge in [0.25, 0.3) is 0 Å². The van der Waals surface area contributed by atoms with E-state index in [1.807, 2.05) is 24.3 Å². The Kier molecular flexibility index (Phi) is 3.65. The second-order valence-electron chi connectivity index (χ2n) is 5.18. The molecule has 1 aromatic carbocycles. The van der Waals surface area contributed by atoms with E-state index < -0.39 is 10.0 Å². The van der Waals surface area contributed by atoms with Crippen molar-refractivity contribution in [1.82, 2.24) is 9.71 Å². The third kappa shape index (κ3) is 2.77. The Hall–Kier alpha value is -1.92. The molecule has 1 unspecified atom stereocenters. The van der Waals surface area contributed by atoms with Gasteiger partial charge < -0.3 is 5.73 Å². The number of nitrogen functional groups attached to an aromatic ring is 1. The van der Waals surface area contributed by atoms with Crippen LogP contribution in [-0.4, -0.2) is 13.4 Å². The highest BCUT2D eigenvalue weighted by Crippen LogP contribution is 2.31. The number of anilines is 1. The maximum absolute atomic E-state index is 12.5. The molecule has 2 aromatic rings. The van der Waals surface area contributed by atoms with E-state index in [1.165, 1.54) is 24.0 Å². The average Bonchev–Trinajstić information content (AvgIpc) is 2.47. The SMILES string of the molecule is Nc1ccncc1S(=O)(=O)NC1CCCc2ccccc21. The zero-order valence-corrected chi connectivity index (χ0v) is 12.3. The number of nitrogens with zero attached hydrogens (tertiary/aromatic N) is 1. The first-order chi connectivity index (χ1) is 10.1. The van der Waals surface area contributed by atoms with Gasteiger partial charge in [-0.25, -0.2) is 13.1 Å². The largest absolute Gasteiger partial charge is 0.398 e. The molecule has 0 saturated carbocycles. The second kappa shape index (κ2) is 5.46. The minimum absolute atomic E-state index is 0.0352. The van der Waals surface area contributed by atoms with Crippen LogP contribution in [0.2, 0.25) is 0 Å². The fourth-order valence-electron chi connectivity index (χ4n) is 2.74. The van der Waals surface area contributed by atoms with Gasteiger partial charge in [-0.3, -0.25) is 4.98 Å². The van der Waals surface area contributed by atoms with Crippen molar-refractivity contribution < 1.29 is 8.42 Å². The van der Waals surface area contributed by atoms with E-state index in [1.54, 1.807) is 0 Å². The Morgan fingerprint density at radius 3 is 2.86 bits per heavy atom. The first-order valence-corrected chi connectivity index (χ1v) is 8.36. The van der Waals surface area contributed by atoms with E-state index in [9.17, 15) is 8.42 Å². The number of pyridine rings is 1. The van der Waals surface area contributed by atoms with Gasteiger partial charge in [-0.2, -0.15) is 0 Å². The summed E-state index contributed by atoms with van der Waals surface area (Å²) >= 11 is 0. The van der Waals surface area contributed by atoms with Crippen molar-refractivity contribution in [3.63, 3.8) is 0 Å². The van der Waals surface area contributed by atoms with Crippen LogP contribution in [0.25, 0.3) is 0 Å². The standard InChI is InChI=1S/C15H17N3O2S/c16-13-8-9-17-10-15(13)21(19,20)18-14-7-3-5-11-4-1-2-6-12(11)14/h1-2,4,6,8-10,14,18H,3,5,7H2,(H2,16,17). The molecule has 1 aliphatic carbocycles. The van der Waals surface area contributed by atoms with E-state index in [0.717, 1.165) is 24.8 Å². The number of sulfonamides is 1. The molecule has 21 heavy (non-hydrogen) atoms. The van der Waals surface area contributed by atoms with Gasteiger partial charge in [0.2, 0.25) is 10.0 Å². The molecule has 0 saturated heterocycles. The number of fused-ring (bicyclic) bond motifs is 1. The molecule has 1 heterocycles. The van der Waals surface area contributed by atoms with Crippen LogP contribution in [0.1, 0.15) is 30.0 Å². The first kappa shape index (κ1) is 14.0. The predicted molar refractivity (Wildman–Crippen MR) is 81.1 cm³/mol. The maximum Gasteiger partial charge on any atom is 0.244 e. The summed E-state index contributed by atoms with van der Waals surface area (Å²) in [5, 5.41) is 0. The van der Waals surface area contributed by atoms with Gasteiger partial charge in [0.05, 0.1) is 5.69 Å². The average molecular weight is 303 g/mol.